The molecule has 1 aromatic rings. The Balaban J connectivity index is 0.00000289. The van der Waals surface area contributed by atoms with Crippen LogP contribution in [0.25, 0.3) is 0 Å². The average Bonchev–Trinajstić information content (AvgIpc) is 2.26. The number of nitrogens with one attached hydrogen (secondary N) is 1. The van der Waals surface area contributed by atoms with Gasteiger partial charge in [0.05, 0.1) is 6.04 Å². The molecule has 18 heavy (non-hydrogen) atoms. The van der Waals surface area contributed by atoms with Crippen LogP contribution in [0.5, 0.6) is 0 Å². The van der Waals surface area contributed by atoms with E-state index >= 15 is 0 Å². The third-order valence-electron chi connectivity index (χ3n) is 2.72. The van der Waals surface area contributed by atoms with Crippen LogP contribution in [0, 0.1) is 5.82 Å². The number of hydrogen-bond acceptors (Lipinski definition) is 2. The Hall–Kier alpha value is -1.13. The van der Waals surface area contributed by atoms with E-state index in [-0.39, 0.29) is 24.1 Å². The summed E-state index contributed by atoms with van der Waals surface area (Å²) >= 11 is 0. The lowest BCUT2D eigenvalue weighted by Crippen LogP contribution is -2.44. The summed E-state index contributed by atoms with van der Waals surface area (Å²) in [5.41, 5.74) is 5.57. The van der Waals surface area contributed by atoms with Gasteiger partial charge in [-0.05, 0) is 18.6 Å². The van der Waals surface area contributed by atoms with Crippen molar-refractivity contribution in [1.29, 1.82) is 0 Å². The Bertz CT molecular complexity index is 408. The van der Waals surface area contributed by atoms with Crippen molar-refractivity contribution in [3.8, 4) is 0 Å². The van der Waals surface area contributed by atoms with E-state index in [9.17, 15) is 9.18 Å². The van der Waals surface area contributed by atoms with Crippen LogP contribution in [0.3, 0.4) is 0 Å². The molecule has 1 atom stereocenters. The van der Waals surface area contributed by atoms with Crippen molar-refractivity contribution in [2.24, 2.45) is 5.73 Å². The summed E-state index contributed by atoms with van der Waals surface area (Å²) in [7, 11) is 0. The Morgan fingerprint density at radius 3 is 2.50 bits per heavy atom. The van der Waals surface area contributed by atoms with E-state index in [1.165, 1.54) is 6.07 Å². The van der Waals surface area contributed by atoms with Gasteiger partial charge >= 0.3 is 0 Å². The molecule has 0 heterocycles. The van der Waals surface area contributed by atoms with Crippen molar-refractivity contribution in [2.75, 3.05) is 6.54 Å². The molecule has 5 heteroatoms. The fourth-order valence-electron chi connectivity index (χ4n) is 1.57. The third-order valence-corrected chi connectivity index (χ3v) is 2.72. The standard InChI is InChI=1S/C13H19FN2O.ClH/c1-9(15)12(17)16-8-13(2,3)10-6-4-5-7-11(10)14;/h4-7,9H,8,15H2,1-3H3,(H,16,17);1H/t9-;/m0./s1. The summed E-state index contributed by atoms with van der Waals surface area (Å²) < 4.78 is 13.6. The predicted octanol–water partition coefficient (Wildman–Crippen LogP) is 1.99. The molecule has 0 aromatic heterocycles. The molecule has 0 fully saturated rings. The normalized spacial score (nSPS) is 12.5. The minimum atomic E-state index is -0.550. The van der Waals surface area contributed by atoms with Gasteiger partial charge in [-0.1, -0.05) is 32.0 Å². The number of carbonyl (C=O) groups is 1. The number of amides is 1. The van der Waals surface area contributed by atoms with Crippen molar-refractivity contribution >= 4 is 18.3 Å². The molecule has 3 nitrogen and oxygen atoms in total. The van der Waals surface area contributed by atoms with Crippen LogP contribution >= 0.6 is 12.4 Å². The topological polar surface area (TPSA) is 55.1 Å². The van der Waals surface area contributed by atoms with Gasteiger partial charge in [0.2, 0.25) is 5.91 Å². The molecule has 0 bridgehead atoms. The minimum absolute atomic E-state index is 0. The molecule has 0 radical (unpaired) electrons. The lowest BCUT2D eigenvalue weighted by molar-refractivity contribution is -0.122. The first-order valence-corrected chi connectivity index (χ1v) is 5.63. The number of carbonyl (C=O) groups excluding carboxylic acids is 1. The third kappa shape index (κ3) is 4.27. The largest absolute Gasteiger partial charge is 0.354 e. The molecule has 1 rings (SSSR count). The van der Waals surface area contributed by atoms with Crippen LogP contribution in [0.1, 0.15) is 26.3 Å². The first-order valence-electron chi connectivity index (χ1n) is 5.63. The lowest BCUT2D eigenvalue weighted by Gasteiger charge is -2.26. The average molecular weight is 275 g/mol. The fourth-order valence-corrected chi connectivity index (χ4v) is 1.57. The highest BCUT2D eigenvalue weighted by Crippen LogP contribution is 2.24. The number of hydrogen-bond donors (Lipinski definition) is 2. The molecule has 0 saturated carbocycles. The summed E-state index contributed by atoms with van der Waals surface area (Å²) in [6.07, 6.45) is 0. The van der Waals surface area contributed by atoms with E-state index in [1.807, 2.05) is 13.8 Å². The van der Waals surface area contributed by atoms with E-state index in [1.54, 1.807) is 25.1 Å². The smallest absolute Gasteiger partial charge is 0.236 e. The summed E-state index contributed by atoms with van der Waals surface area (Å²) in [5.74, 6) is -0.484. The molecule has 3 N–H and O–H groups in total. The summed E-state index contributed by atoms with van der Waals surface area (Å²) in [6.45, 7) is 5.74. The van der Waals surface area contributed by atoms with E-state index < -0.39 is 11.5 Å². The lowest BCUT2D eigenvalue weighted by atomic mass is 9.84. The summed E-state index contributed by atoms with van der Waals surface area (Å²) in [4.78, 5) is 11.4. The van der Waals surface area contributed by atoms with Gasteiger partial charge in [-0.3, -0.25) is 4.79 Å². The molecule has 0 saturated heterocycles. The zero-order chi connectivity index (χ0) is 13.1. The first-order chi connectivity index (χ1) is 7.84. The number of halogens is 2. The minimum Gasteiger partial charge on any atom is -0.354 e. The Kier molecular flexibility index (Phi) is 6.29. The van der Waals surface area contributed by atoms with Crippen LogP contribution in [-0.4, -0.2) is 18.5 Å². The van der Waals surface area contributed by atoms with Crippen molar-refractivity contribution in [2.45, 2.75) is 32.2 Å². The highest BCUT2D eigenvalue weighted by Gasteiger charge is 2.24. The molecule has 0 unspecified atom stereocenters. The first kappa shape index (κ1) is 16.9. The van der Waals surface area contributed by atoms with Gasteiger partial charge in [0.1, 0.15) is 5.82 Å². The van der Waals surface area contributed by atoms with Crippen molar-refractivity contribution in [3.63, 3.8) is 0 Å². The number of benzene rings is 1. The molecule has 1 aromatic carbocycles. The van der Waals surface area contributed by atoms with Gasteiger partial charge in [-0.25, -0.2) is 4.39 Å². The monoisotopic (exact) mass is 274 g/mol. The SMILES string of the molecule is C[C@H](N)C(=O)NCC(C)(C)c1ccccc1F.Cl. The molecular weight excluding hydrogens is 255 g/mol. The second-order valence-electron chi connectivity index (χ2n) is 4.87. The van der Waals surface area contributed by atoms with E-state index in [4.69, 9.17) is 5.73 Å². The predicted molar refractivity (Wildman–Crippen MR) is 73.3 cm³/mol. The van der Waals surface area contributed by atoms with E-state index in [0.29, 0.717) is 12.1 Å². The van der Waals surface area contributed by atoms with Gasteiger partial charge in [0, 0.05) is 12.0 Å². The van der Waals surface area contributed by atoms with Crippen LogP contribution < -0.4 is 11.1 Å². The zero-order valence-electron chi connectivity index (χ0n) is 10.9. The second kappa shape index (κ2) is 6.71. The Labute approximate surface area is 113 Å². The number of nitrogens with two attached hydrogens (primary N) is 1. The fraction of sp³-hybridized carbons (Fsp3) is 0.462. The van der Waals surface area contributed by atoms with Gasteiger partial charge in [0.25, 0.3) is 0 Å². The highest BCUT2D eigenvalue weighted by atomic mass is 35.5. The molecular formula is C13H20ClFN2O. The van der Waals surface area contributed by atoms with Crippen molar-refractivity contribution in [3.05, 3.63) is 35.6 Å². The molecule has 0 aliphatic heterocycles. The quantitative estimate of drug-likeness (QED) is 0.882. The molecule has 0 aliphatic rings. The summed E-state index contributed by atoms with van der Waals surface area (Å²) in [5, 5.41) is 2.72. The van der Waals surface area contributed by atoms with Gasteiger partial charge in [-0.2, -0.15) is 0 Å². The summed E-state index contributed by atoms with van der Waals surface area (Å²) in [6, 6.07) is 6.03. The molecule has 102 valence electrons. The molecule has 0 spiro atoms. The number of rotatable bonds is 4. The second-order valence-corrected chi connectivity index (χ2v) is 4.87. The molecule has 0 aliphatic carbocycles. The van der Waals surface area contributed by atoms with Crippen LogP contribution in [0.2, 0.25) is 0 Å². The van der Waals surface area contributed by atoms with E-state index in [0.717, 1.165) is 0 Å². The Morgan fingerprint density at radius 2 is 2.00 bits per heavy atom. The Morgan fingerprint density at radius 1 is 1.44 bits per heavy atom. The maximum Gasteiger partial charge on any atom is 0.236 e. The maximum absolute atomic E-state index is 13.6. The van der Waals surface area contributed by atoms with Crippen molar-refractivity contribution in [1.82, 2.24) is 5.32 Å². The highest BCUT2D eigenvalue weighted by molar-refractivity contribution is 5.85. The zero-order valence-corrected chi connectivity index (χ0v) is 11.7. The van der Waals surface area contributed by atoms with Crippen LogP contribution in [0.15, 0.2) is 24.3 Å². The van der Waals surface area contributed by atoms with Gasteiger partial charge in [-0.15, -0.1) is 12.4 Å². The van der Waals surface area contributed by atoms with Gasteiger partial charge < -0.3 is 11.1 Å². The van der Waals surface area contributed by atoms with Crippen LogP contribution in [-0.2, 0) is 10.2 Å². The van der Waals surface area contributed by atoms with Crippen molar-refractivity contribution < 1.29 is 9.18 Å². The maximum atomic E-state index is 13.6. The molecule has 1 amide bonds. The van der Waals surface area contributed by atoms with E-state index in [2.05, 4.69) is 5.32 Å². The van der Waals surface area contributed by atoms with Gasteiger partial charge in [0.15, 0.2) is 0 Å². The van der Waals surface area contributed by atoms with Crippen LogP contribution in [0.4, 0.5) is 4.39 Å².